The van der Waals surface area contributed by atoms with Crippen molar-refractivity contribution in [2.24, 2.45) is 0 Å². The minimum absolute atomic E-state index is 0.817. The van der Waals surface area contributed by atoms with Gasteiger partial charge in [0.2, 0.25) is 0 Å². The van der Waals surface area contributed by atoms with Crippen molar-refractivity contribution in [2.45, 2.75) is 20.0 Å². The average Bonchev–Trinajstić information content (AvgIpc) is 2.38. The first-order valence-corrected chi connectivity index (χ1v) is 7.31. The molecule has 0 aliphatic heterocycles. The van der Waals surface area contributed by atoms with Crippen molar-refractivity contribution in [3.8, 4) is 5.75 Å². The van der Waals surface area contributed by atoms with Crippen molar-refractivity contribution in [2.75, 3.05) is 14.2 Å². The molecule has 106 valence electrons. The van der Waals surface area contributed by atoms with Crippen LogP contribution in [0.4, 0.5) is 0 Å². The molecule has 0 fully saturated rings. The van der Waals surface area contributed by atoms with E-state index in [4.69, 9.17) is 4.74 Å². The standard InChI is InChI=1S/C16H19BrN2O/c1-12-5-4-6-15(18-12)11-19(2)10-13-9-14(17)7-8-16(13)20-3/h4-9H,10-11H2,1-3H3. The van der Waals surface area contributed by atoms with Gasteiger partial charge in [-0.15, -0.1) is 0 Å². The molecule has 0 spiro atoms. The van der Waals surface area contributed by atoms with Crippen LogP contribution < -0.4 is 4.74 Å². The van der Waals surface area contributed by atoms with Gasteiger partial charge in [0.1, 0.15) is 5.75 Å². The Morgan fingerprint density at radius 1 is 1.20 bits per heavy atom. The molecule has 20 heavy (non-hydrogen) atoms. The summed E-state index contributed by atoms with van der Waals surface area (Å²) in [4.78, 5) is 6.76. The number of hydrogen-bond donors (Lipinski definition) is 0. The van der Waals surface area contributed by atoms with Gasteiger partial charge in [-0.1, -0.05) is 22.0 Å². The van der Waals surface area contributed by atoms with Gasteiger partial charge in [-0.25, -0.2) is 0 Å². The van der Waals surface area contributed by atoms with Crippen LogP contribution in [0.25, 0.3) is 0 Å². The Kier molecular flexibility index (Phi) is 5.15. The topological polar surface area (TPSA) is 25.4 Å². The Hall–Kier alpha value is -1.39. The number of halogens is 1. The minimum Gasteiger partial charge on any atom is -0.496 e. The first-order chi connectivity index (χ1) is 9.58. The van der Waals surface area contributed by atoms with Gasteiger partial charge in [-0.3, -0.25) is 9.88 Å². The lowest BCUT2D eigenvalue weighted by Crippen LogP contribution is -2.18. The summed E-state index contributed by atoms with van der Waals surface area (Å²) in [5, 5.41) is 0. The van der Waals surface area contributed by atoms with E-state index in [1.165, 1.54) is 0 Å². The second-order valence-corrected chi connectivity index (χ2v) is 5.81. The zero-order valence-corrected chi connectivity index (χ0v) is 13.6. The van der Waals surface area contributed by atoms with Crippen molar-refractivity contribution in [3.63, 3.8) is 0 Å². The predicted octanol–water partition coefficient (Wildman–Crippen LogP) is 3.79. The molecule has 3 nitrogen and oxygen atoms in total. The highest BCUT2D eigenvalue weighted by atomic mass is 79.9. The summed E-state index contributed by atoms with van der Waals surface area (Å²) in [7, 11) is 3.79. The molecule has 0 radical (unpaired) electrons. The van der Waals surface area contributed by atoms with Gasteiger partial charge < -0.3 is 4.74 Å². The Labute approximate surface area is 128 Å². The van der Waals surface area contributed by atoms with Crippen molar-refractivity contribution in [3.05, 3.63) is 57.8 Å². The molecular formula is C16H19BrN2O. The lowest BCUT2D eigenvalue weighted by molar-refractivity contribution is 0.306. The third-order valence-corrected chi connectivity index (χ3v) is 3.55. The van der Waals surface area contributed by atoms with Crippen molar-refractivity contribution in [1.29, 1.82) is 0 Å². The summed E-state index contributed by atoms with van der Waals surface area (Å²) >= 11 is 3.51. The van der Waals surface area contributed by atoms with Gasteiger partial charge in [-0.2, -0.15) is 0 Å². The summed E-state index contributed by atoms with van der Waals surface area (Å²) in [6, 6.07) is 12.2. The van der Waals surface area contributed by atoms with Crippen LogP contribution in [0.1, 0.15) is 17.0 Å². The number of aromatic nitrogens is 1. The van der Waals surface area contributed by atoms with E-state index in [1.807, 2.05) is 31.2 Å². The number of methoxy groups -OCH3 is 1. The molecule has 1 aromatic carbocycles. The maximum Gasteiger partial charge on any atom is 0.123 e. The maximum atomic E-state index is 5.41. The van der Waals surface area contributed by atoms with Crippen LogP contribution >= 0.6 is 15.9 Å². The molecule has 0 bridgehead atoms. The molecule has 0 atom stereocenters. The first-order valence-electron chi connectivity index (χ1n) is 6.52. The molecule has 0 saturated heterocycles. The first kappa shape index (κ1) is 15.0. The van der Waals surface area contributed by atoms with E-state index in [-0.39, 0.29) is 0 Å². The highest BCUT2D eigenvalue weighted by Crippen LogP contribution is 2.24. The minimum atomic E-state index is 0.817. The molecule has 2 aromatic rings. The second kappa shape index (κ2) is 6.86. The van der Waals surface area contributed by atoms with E-state index in [0.29, 0.717) is 0 Å². The third kappa shape index (κ3) is 4.05. The Morgan fingerprint density at radius 2 is 2.00 bits per heavy atom. The van der Waals surface area contributed by atoms with Gasteiger partial charge in [0.15, 0.2) is 0 Å². The molecular weight excluding hydrogens is 316 g/mol. The van der Waals surface area contributed by atoms with Gasteiger partial charge in [0.25, 0.3) is 0 Å². The number of aryl methyl sites for hydroxylation is 1. The summed E-state index contributed by atoms with van der Waals surface area (Å²) in [5.74, 6) is 0.914. The normalized spacial score (nSPS) is 10.8. The molecule has 1 heterocycles. The quantitative estimate of drug-likeness (QED) is 0.831. The summed E-state index contributed by atoms with van der Waals surface area (Å²) < 4.78 is 6.47. The molecule has 0 N–H and O–H groups in total. The van der Waals surface area contributed by atoms with Crippen molar-refractivity contribution >= 4 is 15.9 Å². The number of nitrogens with zero attached hydrogens (tertiary/aromatic N) is 2. The summed E-state index contributed by atoms with van der Waals surface area (Å²) in [5.41, 5.74) is 3.30. The van der Waals surface area contributed by atoms with Gasteiger partial charge in [0.05, 0.1) is 12.8 Å². The number of benzene rings is 1. The van der Waals surface area contributed by atoms with Crippen molar-refractivity contribution in [1.82, 2.24) is 9.88 Å². The zero-order valence-electron chi connectivity index (χ0n) is 12.1. The summed E-state index contributed by atoms with van der Waals surface area (Å²) in [6.07, 6.45) is 0. The number of ether oxygens (including phenoxy) is 1. The zero-order chi connectivity index (χ0) is 14.5. The van der Waals surface area contributed by atoms with Crippen molar-refractivity contribution < 1.29 is 4.74 Å². The van der Waals surface area contributed by atoms with E-state index in [0.717, 1.165) is 40.3 Å². The predicted molar refractivity (Wildman–Crippen MR) is 84.8 cm³/mol. The Morgan fingerprint density at radius 3 is 2.70 bits per heavy atom. The van der Waals surface area contributed by atoms with E-state index in [9.17, 15) is 0 Å². The molecule has 0 saturated carbocycles. The lowest BCUT2D eigenvalue weighted by Gasteiger charge is -2.18. The van der Waals surface area contributed by atoms with Crippen LogP contribution in [-0.2, 0) is 13.1 Å². The number of pyridine rings is 1. The summed E-state index contributed by atoms with van der Waals surface area (Å²) in [6.45, 7) is 3.65. The smallest absolute Gasteiger partial charge is 0.123 e. The third-order valence-electron chi connectivity index (χ3n) is 3.06. The van der Waals surface area contributed by atoms with Crippen LogP contribution in [0.5, 0.6) is 5.75 Å². The van der Waals surface area contributed by atoms with Crippen LogP contribution in [0.15, 0.2) is 40.9 Å². The highest BCUT2D eigenvalue weighted by molar-refractivity contribution is 9.10. The molecule has 2 rings (SSSR count). The van der Waals surface area contributed by atoms with Gasteiger partial charge >= 0.3 is 0 Å². The molecule has 0 amide bonds. The van der Waals surface area contributed by atoms with Crippen LogP contribution in [0.2, 0.25) is 0 Å². The largest absolute Gasteiger partial charge is 0.496 e. The Bertz CT molecular complexity index is 586. The maximum absolute atomic E-state index is 5.41. The van der Waals surface area contributed by atoms with E-state index in [2.05, 4.69) is 45.0 Å². The molecule has 0 aliphatic carbocycles. The molecule has 1 aromatic heterocycles. The fourth-order valence-electron chi connectivity index (χ4n) is 2.18. The molecule has 4 heteroatoms. The number of rotatable bonds is 5. The fourth-order valence-corrected chi connectivity index (χ4v) is 2.59. The average molecular weight is 335 g/mol. The van der Waals surface area contributed by atoms with Crippen LogP contribution in [-0.4, -0.2) is 24.0 Å². The number of hydrogen-bond acceptors (Lipinski definition) is 3. The van der Waals surface area contributed by atoms with E-state index < -0.39 is 0 Å². The lowest BCUT2D eigenvalue weighted by atomic mass is 10.2. The van der Waals surface area contributed by atoms with Crippen LogP contribution in [0.3, 0.4) is 0 Å². The molecule has 0 aliphatic rings. The Balaban J connectivity index is 2.08. The van der Waals surface area contributed by atoms with E-state index >= 15 is 0 Å². The van der Waals surface area contributed by atoms with Crippen LogP contribution in [0, 0.1) is 6.92 Å². The SMILES string of the molecule is COc1ccc(Br)cc1CN(C)Cc1cccc(C)n1. The fraction of sp³-hybridized carbons (Fsp3) is 0.312. The highest BCUT2D eigenvalue weighted by Gasteiger charge is 2.08. The second-order valence-electron chi connectivity index (χ2n) is 4.90. The monoisotopic (exact) mass is 334 g/mol. The van der Waals surface area contributed by atoms with Gasteiger partial charge in [-0.05, 0) is 44.3 Å². The molecule has 0 unspecified atom stereocenters. The van der Waals surface area contributed by atoms with Gasteiger partial charge in [0, 0.05) is 28.8 Å². The van der Waals surface area contributed by atoms with E-state index in [1.54, 1.807) is 7.11 Å².